The number of aromatic amines is 1. The van der Waals surface area contributed by atoms with Gasteiger partial charge in [-0.3, -0.25) is 14.4 Å². The van der Waals surface area contributed by atoms with Crippen LogP contribution in [0.4, 0.5) is 0 Å². The molecule has 2 atom stereocenters. The molecule has 2 aromatic rings. The van der Waals surface area contributed by atoms with Crippen molar-refractivity contribution < 1.29 is 19.1 Å². The summed E-state index contributed by atoms with van der Waals surface area (Å²) >= 11 is 1.58. The van der Waals surface area contributed by atoms with Gasteiger partial charge in [0, 0.05) is 25.0 Å². The van der Waals surface area contributed by atoms with Crippen molar-refractivity contribution in [1.29, 1.82) is 0 Å². The van der Waals surface area contributed by atoms with Crippen LogP contribution < -0.4 is 10.9 Å². The van der Waals surface area contributed by atoms with Gasteiger partial charge >= 0.3 is 5.97 Å². The third kappa shape index (κ3) is 5.22. The number of thiophene rings is 1. The van der Waals surface area contributed by atoms with E-state index >= 15 is 0 Å². The van der Waals surface area contributed by atoms with E-state index in [1.165, 1.54) is 18.9 Å². The van der Waals surface area contributed by atoms with Crippen LogP contribution >= 0.6 is 11.3 Å². The number of hydrogen-bond donors (Lipinski definition) is 2. The van der Waals surface area contributed by atoms with Gasteiger partial charge < -0.3 is 19.8 Å². The summed E-state index contributed by atoms with van der Waals surface area (Å²) in [6.45, 7) is 4.48. The number of carbonyl (C=O) groups excluding carboxylic acids is 2. The summed E-state index contributed by atoms with van der Waals surface area (Å²) in [5.74, 6) is 0.198. The molecule has 3 rings (SSSR count). The van der Waals surface area contributed by atoms with Crippen LogP contribution in [0.1, 0.15) is 43.0 Å². The van der Waals surface area contributed by atoms with Crippen LogP contribution in [-0.4, -0.2) is 48.2 Å². The van der Waals surface area contributed by atoms with Gasteiger partial charge in [0.2, 0.25) is 0 Å². The Kier molecular flexibility index (Phi) is 7.02. The van der Waals surface area contributed by atoms with Gasteiger partial charge in [0.1, 0.15) is 10.7 Å². The Balaban J connectivity index is 1.60. The first-order valence-corrected chi connectivity index (χ1v) is 10.7. The fraction of sp³-hybridized carbons (Fsp3) is 0.600. The van der Waals surface area contributed by atoms with E-state index in [0.717, 1.165) is 29.7 Å². The van der Waals surface area contributed by atoms with Crippen LogP contribution in [0.2, 0.25) is 0 Å². The largest absolute Gasteiger partial charge is 0.453 e. The fourth-order valence-corrected chi connectivity index (χ4v) is 4.86. The molecule has 0 radical (unpaired) electrons. The smallest absolute Gasteiger partial charge is 0.307 e. The molecule has 0 fully saturated rings. The van der Waals surface area contributed by atoms with Gasteiger partial charge in [0.25, 0.3) is 11.5 Å². The molecule has 2 N–H and O–H groups in total. The maximum Gasteiger partial charge on any atom is 0.307 e. The molecule has 0 unspecified atom stereocenters. The molecule has 0 saturated carbocycles. The van der Waals surface area contributed by atoms with Gasteiger partial charge in [-0.1, -0.05) is 6.92 Å². The highest BCUT2D eigenvalue weighted by molar-refractivity contribution is 7.18. The molecule has 2 aromatic heterocycles. The Morgan fingerprint density at radius 3 is 2.97 bits per heavy atom. The van der Waals surface area contributed by atoms with Crippen molar-refractivity contribution in [1.82, 2.24) is 15.3 Å². The van der Waals surface area contributed by atoms with E-state index < -0.39 is 12.1 Å². The van der Waals surface area contributed by atoms with Crippen molar-refractivity contribution in [3.05, 3.63) is 26.6 Å². The number of carbonyl (C=O) groups is 2. The van der Waals surface area contributed by atoms with E-state index in [1.54, 1.807) is 11.3 Å². The predicted molar refractivity (Wildman–Crippen MR) is 110 cm³/mol. The predicted octanol–water partition coefficient (Wildman–Crippen LogP) is 1.74. The molecule has 1 aliphatic rings. The maximum absolute atomic E-state index is 12.6. The van der Waals surface area contributed by atoms with Crippen molar-refractivity contribution >= 4 is 33.4 Å². The minimum absolute atomic E-state index is 0.0340. The zero-order valence-corrected chi connectivity index (χ0v) is 17.8. The Morgan fingerprint density at radius 2 is 2.21 bits per heavy atom. The second-order valence-electron chi connectivity index (χ2n) is 7.46. The van der Waals surface area contributed by atoms with E-state index in [-0.39, 0.29) is 24.3 Å². The van der Waals surface area contributed by atoms with Crippen LogP contribution in [0.25, 0.3) is 10.2 Å². The summed E-state index contributed by atoms with van der Waals surface area (Å²) in [4.78, 5) is 45.8. The lowest BCUT2D eigenvalue weighted by Crippen LogP contribution is -2.37. The average molecular weight is 422 g/mol. The van der Waals surface area contributed by atoms with Crippen LogP contribution in [0, 0.1) is 5.92 Å². The van der Waals surface area contributed by atoms with Gasteiger partial charge in [-0.25, -0.2) is 4.98 Å². The van der Waals surface area contributed by atoms with Crippen LogP contribution in [0.3, 0.4) is 0 Å². The summed E-state index contributed by atoms with van der Waals surface area (Å²) in [6, 6.07) is 0. The lowest BCUT2D eigenvalue weighted by Gasteiger charge is -2.17. The molecule has 158 valence electrons. The van der Waals surface area contributed by atoms with E-state index in [1.807, 2.05) is 0 Å². The van der Waals surface area contributed by atoms with E-state index in [0.29, 0.717) is 30.3 Å². The molecular formula is C20H27N3O5S. The molecule has 1 aliphatic carbocycles. The van der Waals surface area contributed by atoms with Gasteiger partial charge in [-0.05, 0) is 37.7 Å². The Bertz CT molecular complexity index is 951. The number of aryl methyl sites for hydroxylation is 2. The lowest BCUT2D eigenvalue weighted by molar-refractivity contribution is -0.154. The number of aromatic nitrogens is 2. The highest BCUT2D eigenvalue weighted by atomic mass is 32.1. The monoisotopic (exact) mass is 421 g/mol. The van der Waals surface area contributed by atoms with Crippen molar-refractivity contribution in [2.45, 2.75) is 52.1 Å². The lowest BCUT2D eigenvalue weighted by atomic mass is 9.89. The van der Waals surface area contributed by atoms with E-state index in [2.05, 4.69) is 22.2 Å². The Hall–Kier alpha value is -2.26. The van der Waals surface area contributed by atoms with Gasteiger partial charge in [-0.2, -0.15) is 0 Å². The van der Waals surface area contributed by atoms with Crippen molar-refractivity contribution in [3.8, 4) is 0 Å². The zero-order chi connectivity index (χ0) is 21.0. The van der Waals surface area contributed by atoms with Gasteiger partial charge in [-0.15, -0.1) is 11.3 Å². The second kappa shape index (κ2) is 9.49. The maximum atomic E-state index is 12.6. The molecule has 9 heteroatoms. The minimum atomic E-state index is -0.889. The number of H-pyrrole nitrogens is 1. The summed E-state index contributed by atoms with van der Waals surface area (Å²) in [5.41, 5.74) is 0.993. The summed E-state index contributed by atoms with van der Waals surface area (Å²) in [5, 5.41) is 3.32. The Morgan fingerprint density at radius 1 is 1.41 bits per heavy atom. The van der Waals surface area contributed by atoms with Crippen molar-refractivity contribution in [2.75, 3.05) is 20.3 Å². The molecule has 1 amide bonds. The van der Waals surface area contributed by atoms with E-state index in [4.69, 9.17) is 9.47 Å². The zero-order valence-electron chi connectivity index (χ0n) is 17.0. The van der Waals surface area contributed by atoms with Gasteiger partial charge in [0.05, 0.1) is 18.4 Å². The first-order chi connectivity index (χ1) is 13.9. The van der Waals surface area contributed by atoms with Crippen LogP contribution in [0.5, 0.6) is 0 Å². The quantitative estimate of drug-likeness (QED) is 0.496. The van der Waals surface area contributed by atoms with Gasteiger partial charge in [0.15, 0.2) is 6.10 Å². The molecule has 0 bridgehead atoms. The highest BCUT2D eigenvalue weighted by Crippen LogP contribution is 2.35. The number of ether oxygens (including phenoxy) is 2. The average Bonchev–Trinajstić information content (AvgIpc) is 3.04. The van der Waals surface area contributed by atoms with Crippen molar-refractivity contribution in [2.24, 2.45) is 5.92 Å². The third-order valence-corrected chi connectivity index (χ3v) is 6.21. The molecule has 2 heterocycles. The standard InChI is InChI=1S/C20H27N3O5S/c1-11-4-5-13-14(10-11)29-20-17(13)19(26)22-15(23-20)6-7-16(24)28-12(2)18(25)21-8-9-27-3/h11-12H,4-10H2,1-3H3,(H,21,25)(H,22,23,26)/t11-,12-/m0/s1. The first kappa shape index (κ1) is 21.4. The molecule has 0 spiro atoms. The molecule has 29 heavy (non-hydrogen) atoms. The topological polar surface area (TPSA) is 110 Å². The summed E-state index contributed by atoms with van der Waals surface area (Å²) in [6.07, 6.45) is 2.38. The number of nitrogens with zero attached hydrogens (tertiary/aromatic N) is 1. The first-order valence-electron chi connectivity index (χ1n) is 9.88. The summed E-state index contributed by atoms with van der Waals surface area (Å²) in [7, 11) is 1.54. The molecular weight excluding hydrogens is 394 g/mol. The highest BCUT2D eigenvalue weighted by Gasteiger charge is 2.23. The number of methoxy groups -OCH3 is 1. The normalized spacial score (nSPS) is 17.0. The summed E-state index contributed by atoms with van der Waals surface area (Å²) < 4.78 is 10.0. The molecule has 8 nitrogen and oxygen atoms in total. The fourth-order valence-electron chi connectivity index (χ4n) is 3.46. The number of esters is 1. The third-order valence-electron chi connectivity index (χ3n) is 5.06. The number of amides is 1. The Labute approximate surface area is 173 Å². The molecule has 0 aliphatic heterocycles. The SMILES string of the molecule is COCCNC(=O)[C@H](C)OC(=O)CCc1nc2sc3c(c2c(=O)[nH]1)CC[C@H](C)C3. The molecule has 0 saturated heterocycles. The van der Waals surface area contributed by atoms with E-state index in [9.17, 15) is 14.4 Å². The van der Waals surface area contributed by atoms with Crippen molar-refractivity contribution in [3.63, 3.8) is 0 Å². The molecule has 0 aromatic carbocycles. The number of rotatable bonds is 8. The number of nitrogens with one attached hydrogen (secondary N) is 2. The number of fused-ring (bicyclic) bond motifs is 3. The van der Waals surface area contributed by atoms with Crippen LogP contribution in [-0.2, 0) is 38.3 Å². The number of hydrogen-bond acceptors (Lipinski definition) is 7. The van der Waals surface area contributed by atoms with Crippen LogP contribution in [0.15, 0.2) is 4.79 Å². The second-order valence-corrected chi connectivity index (χ2v) is 8.54. The minimum Gasteiger partial charge on any atom is -0.453 e.